The molecular formula is C37H48N6O5. The molecule has 48 heavy (non-hydrogen) atoms. The van der Waals surface area contributed by atoms with Crippen molar-refractivity contribution in [1.29, 1.82) is 0 Å². The fourth-order valence-electron chi connectivity index (χ4n) is 5.81. The van der Waals surface area contributed by atoms with E-state index < -0.39 is 11.8 Å². The summed E-state index contributed by atoms with van der Waals surface area (Å²) in [6.45, 7) is 0.0769. The van der Waals surface area contributed by atoms with Crippen LogP contribution in [0.3, 0.4) is 0 Å². The third-order valence-electron chi connectivity index (χ3n) is 8.35. The highest BCUT2D eigenvalue weighted by molar-refractivity contribution is 5.93. The average molecular weight is 657 g/mol. The molecule has 0 aliphatic rings. The summed E-state index contributed by atoms with van der Waals surface area (Å²) in [5, 5.41) is 19.3. The Labute approximate surface area is 283 Å². The molecule has 0 heterocycles. The van der Waals surface area contributed by atoms with Crippen LogP contribution < -0.4 is 50.8 Å². The summed E-state index contributed by atoms with van der Waals surface area (Å²) in [5.74, 6) is 0.777. The van der Waals surface area contributed by atoms with E-state index in [1.54, 1.807) is 14.2 Å². The number of methoxy groups -OCH3 is 2. The first-order valence-corrected chi connectivity index (χ1v) is 15.8. The number of nitrogens with one attached hydrogen (secondary N) is 6. The molecule has 0 bridgehead atoms. The van der Waals surface area contributed by atoms with Crippen LogP contribution in [0.4, 0.5) is 34.1 Å². The zero-order chi connectivity index (χ0) is 34.6. The normalized spacial score (nSPS) is 11.8. The summed E-state index contributed by atoms with van der Waals surface area (Å²) < 4.78 is 24.6. The highest BCUT2D eigenvalue weighted by atomic mass is 16.5. The Hall–Kier alpha value is -5.45. The second kappa shape index (κ2) is 16.9. The smallest absolute Gasteiger partial charge is 0.154 e. The summed E-state index contributed by atoms with van der Waals surface area (Å²) in [4.78, 5) is 15.1. The SMILES string of the molecule is CNc1cc(NC)c(NC)c(OCC(C(=O)C(COc2cc(NC)cc(NC)c2NC)c2ccccc2OC)c2ccccc2OC)c1. The molecule has 2 unspecified atom stereocenters. The van der Waals surface area contributed by atoms with E-state index in [9.17, 15) is 0 Å². The molecule has 4 aromatic rings. The maximum Gasteiger partial charge on any atom is 0.154 e. The molecule has 6 N–H and O–H groups in total. The first-order valence-electron chi connectivity index (χ1n) is 15.8. The van der Waals surface area contributed by atoms with Crippen molar-refractivity contribution >= 4 is 39.9 Å². The van der Waals surface area contributed by atoms with Crippen LogP contribution in [-0.4, -0.2) is 75.5 Å². The van der Waals surface area contributed by atoms with E-state index in [0.29, 0.717) is 34.1 Å². The molecule has 0 aliphatic carbocycles. The Morgan fingerprint density at radius 2 is 0.938 bits per heavy atom. The van der Waals surface area contributed by atoms with Gasteiger partial charge >= 0.3 is 0 Å². The molecule has 4 rings (SSSR count). The van der Waals surface area contributed by atoms with Crippen molar-refractivity contribution < 1.29 is 23.7 Å². The standard InChI is InChI=1S/C37H48N6O5/c1-38-23-17-29(40-3)35(42-5)33(19-23)47-21-27(25-13-9-11-15-31(25)45-7)37(44)28(26-14-10-12-16-32(26)46-8)22-48-34-20-24(39-2)18-30(41-4)36(34)43-6/h9-20,27-28,38-43H,21-22H2,1-8H3. The molecule has 11 nitrogen and oxygen atoms in total. The number of ether oxygens (including phenoxy) is 4. The molecule has 0 saturated heterocycles. The highest BCUT2D eigenvalue weighted by Crippen LogP contribution is 2.41. The van der Waals surface area contributed by atoms with Gasteiger partial charge in [-0.05, 0) is 24.3 Å². The lowest BCUT2D eigenvalue weighted by Crippen LogP contribution is -2.30. The highest BCUT2D eigenvalue weighted by Gasteiger charge is 2.34. The van der Waals surface area contributed by atoms with Gasteiger partial charge in [0.2, 0.25) is 0 Å². The maximum absolute atomic E-state index is 15.1. The van der Waals surface area contributed by atoms with Gasteiger partial charge in [0, 0.05) is 76.9 Å². The van der Waals surface area contributed by atoms with Crippen LogP contribution in [0.25, 0.3) is 0 Å². The lowest BCUT2D eigenvalue weighted by Gasteiger charge is -2.27. The second-order valence-corrected chi connectivity index (χ2v) is 10.9. The number of benzene rings is 4. The van der Waals surface area contributed by atoms with Crippen LogP contribution in [0.2, 0.25) is 0 Å². The van der Waals surface area contributed by atoms with E-state index in [2.05, 4.69) is 31.9 Å². The first kappa shape index (κ1) is 35.4. The van der Waals surface area contributed by atoms with Crippen LogP contribution in [-0.2, 0) is 4.79 Å². The van der Waals surface area contributed by atoms with Crippen LogP contribution in [0.15, 0.2) is 72.8 Å². The van der Waals surface area contributed by atoms with Gasteiger partial charge in [0.05, 0.1) is 37.4 Å². The molecule has 4 aromatic carbocycles. The van der Waals surface area contributed by atoms with Crippen LogP contribution >= 0.6 is 0 Å². The topological polar surface area (TPSA) is 126 Å². The summed E-state index contributed by atoms with van der Waals surface area (Å²) in [6, 6.07) is 22.9. The summed E-state index contributed by atoms with van der Waals surface area (Å²) in [6.07, 6.45) is 0. The third-order valence-corrected chi connectivity index (χ3v) is 8.35. The van der Waals surface area contributed by atoms with E-state index in [1.165, 1.54) is 0 Å². The molecule has 2 atom stereocenters. The van der Waals surface area contributed by atoms with Gasteiger partial charge in [-0.15, -0.1) is 0 Å². The van der Waals surface area contributed by atoms with Gasteiger partial charge in [-0.2, -0.15) is 0 Å². The molecule has 0 amide bonds. The quantitative estimate of drug-likeness (QED) is 0.0699. The Balaban J connectivity index is 1.82. The fourth-order valence-corrected chi connectivity index (χ4v) is 5.81. The summed E-state index contributed by atoms with van der Waals surface area (Å²) in [5.41, 5.74) is 6.39. The number of rotatable bonds is 18. The second-order valence-electron chi connectivity index (χ2n) is 10.9. The minimum Gasteiger partial charge on any atom is -0.496 e. The van der Waals surface area contributed by atoms with Crippen molar-refractivity contribution in [3.8, 4) is 23.0 Å². The monoisotopic (exact) mass is 656 g/mol. The van der Waals surface area contributed by atoms with Gasteiger partial charge in [0.25, 0.3) is 0 Å². The summed E-state index contributed by atoms with van der Waals surface area (Å²) in [7, 11) is 14.3. The van der Waals surface area contributed by atoms with E-state index >= 15 is 4.79 Å². The number of hydrogen-bond donors (Lipinski definition) is 6. The van der Waals surface area contributed by atoms with Gasteiger partial charge < -0.3 is 50.8 Å². The van der Waals surface area contributed by atoms with Crippen molar-refractivity contribution in [2.75, 3.05) is 102 Å². The zero-order valence-corrected chi connectivity index (χ0v) is 29.0. The number of carbonyl (C=O) groups is 1. The summed E-state index contributed by atoms with van der Waals surface area (Å²) >= 11 is 0. The number of ketones is 1. The predicted octanol–water partition coefficient (Wildman–Crippen LogP) is 6.55. The zero-order valence-electron chi connectivity index (χ0n) is 29.0. The van der Waals surface area contributed by atoms with Crippen LogP contribution in [0.1, 0.15) is 23.0 Å². The van der Waals surface area contributed by atoms with Gasteiger partial charge in [0.15, 0.2) is 5.78 Å². The van der Waals surface area contributed by atoms with Crippen molar-refractivity contribution in [1.82, 2.24) is 0 Å². The molecule has 0 aliphatic heterocycles. The Bertz CT molecular complexity index is 1560. The Morgan fingerprint density at radius 1 is 0.542 bits per heavy atom. The number of carbonyl (C=O) groups excluding carboxylic acids is 1. The lowest BCUT2D eigenvalue weighted by molar-refractivity contribution is -0.123. The van der Waals surface area contributed by atoms with Crippen molar-refractivity contribution in [3.63, 3.8) is 0 Å². The molecule has 256 valence electrons. The van der Waals surface area contributed by atoms with Crippen LogP contribution in [0, 0.1) is 0 Å². The largest absolute Gasteiger partial charge is 0.496 e. The Morgan fingerprint density at radius 3 is 1.27 bits per heavy atom. The molecule has 0 radical (unpaired) electrons. The van der Waals surface area contributed by atoms with E-state index in [0.717, 1.165) is 34.1 Å². The van der Waals surface area contributed by atoms with Gasteiger partial charge in [-0.25, -0.2) is 0 Å². The molecule has 0 aromatic heterocycles. The van der Waals surface area contributed by atoms with Gasteiger partial charge in [-0.1, -0.05) is 36.4 Å². The Kier molecular flexibility index (Phi) is 12.5. The molecule has 0 spiro atoms. The molecule has 0 fully saturated rings. The minimum atomic E-state index is -0.735. The predicted molar refractivity (Wildman–Crippen MR) is 198 cm³/mol. The van der Waals surface area contributed by atoms with Gasteiger partial charge in [-0.3, -0.25) is 4.79 Å². The van der Waals surface area contributed by atoms with E-state index in [4.69, 9.17) is 18.9 Å². The molecule has 11 heteroatoms. The first-order chi connectivity index (χ1) is 23.4. The van der Waals surface area contributed by atoms with Crippen LogP contribution in [0.5, 0.6) is 23.0 Å². The number of Topliss-reactive ketones (excluding diaryl/α,β-unsaturated/α-hetero) is 1. The maximum atomic E-state index is 15.1. The number of hydrogen-bond acceptors (Lipinski definition) is 11. The van der Waals surface area contributed by atoms with Crippen molar-refractivity contribution in [2.45, 2.75) is 11.8 Å². The average Bonchev–Trinajstić information content (AvgIpc) is 3.14. The molecule has 0 saturated carbocycles. The van der Waals surface area contributed by atoms with E-state index in [1.807, 2.05) is 115 Å². The number of para-hydroxylation sites is 2. The van der Waals surface area contributed by atoms with Gasteiger partial charge in [0.1, 0.15) is 47.6 Å². The minimum absolute atomic E-state index is 0.0385. The third kappa shape index (κ3) is 7.74. The van der Waals surface area contributed by atoms with Crippen molar-refractivity contribution in [3.05, 3.63) is 83.9 Å². The number of anilines is 6. The lowest BCUT2D eigenvalue weighted by atomic mass is 9.83. The van der Waals surface area contributed by atoms with E-state index in [-0.39, 0.29) is 19.0 Å². The molecular weight excluding hydrogens is 608 g/mol. The fraction of sp³-hybridized carbons (Fsp3) is 0.324. The van der Waals surface area contributed by atoms with Crippen molar-refractivity contribution in [2.24, 2.45) is 0 Å².